The molecular weight excluding hydrogens is 410 g/mol. The van der Waals surface area contributed by atoms with Crippen LogP contribution in [0.5, 0.6) is 11.5 Å². The van der Waals surface area contributed by atoms with Gasteiger partial charge in [-0.3, -0.25) is 4.79 Å². The van der Waals surface area contributed by atoms with E-state index in [9.17, 15) is 15.0 Å². The van der Waals surface area contributed by atoms with Gasteiger partial charge in [0.1, 0.15) is 5.01 Å². The van der Waals surface area contributed by atoms with Gasteiger partial charge in [0.2, 0.25) is 0 Å². The van der Waals surface area contributed by atoms with Crippen LogP contribution in [-0.4, -0.2) is 27.3 Å². The molecule has 1 heterocycles. The largest absolute Gasteiger partial charge is 0.504 e. The van der Waals surface area contributed by atoms with Crippen LogP contribution in [-0.2, 0) is 0 Å². The van der Waals surface area contributed by atoms with Crippen LogP contribution in [0.15, 0.2) is 65.8 Å². The van der Waals surface area contributed by atoms with Crippen LogP contribution in [0.3, 0.4) is 0 Å². The lowest BCUT2D eigenvalue weighted by molar-refractivity contribution is 0.0955. The number of nitrogens with zero attached hydrogens (tertiary/aromatic N) is 2. The fourth-order valence-corrected chi connectivity index (χ4v) is 3.78. The number of phenols is 2. The number of phenolic OH excluding ortho intramolecular Hbond substituents is 2. The van der Waals surface area contributed by atoms with Crippen molar-refractivity contribution in [2.75, 3.05) is 0 Å². The van der Waals surface area contributed by atoms with E-state index in [4.69, 9.17) is 11.6 Å². The Kier molecular flexibility index (Phi) is 5.16. The summed E-state index contributed by atoms with van der Waals surface area (Å²) in [6, 6.07) is 17.1. The lowest BCUT2D eigenvalue weighted by Gasteiger charge is -2.02. The number of hydrogen-bond donors (Lipinski definition) is 3. The van der Waals surface area contributed by atoms with E-state index in [2.05, 4.69) is 15.5 Å². The number of carbonyl (C=O) groups excluding carboxylic acids is 1. The molecule has 0 saturated heterocycles. The summed E-state index contributed by atoms with van der Waals surface area (Å²) in [5, 5.41) is 24.5. The highest BCUT2D eigenvalue weighted by molar-refractivity contribution is 7.21. The minimum Gasteiger partial charge on any atom is -0.504 e. The summed E-state index contributed by atoms with van der Waals surface area (Å²) in [5.41, 5.74) is 4.84. The number of halogens is 1. The molecule has 144 valence electrons. The van der Waals surface area contributed by atoms with Gasteiger partial charge in [0.05, 0.1) is 16.4 Å². The Morgan fingerprint density at radius 1 is 1.10 bits per heavy atom. The normalized spacial score (nSPS) is 11.2. The smallest absolute Gasteiger partial charge is 0.271 e. The van der Waals surface area contributed by atoms with Gasteiger partial charge in [0.25, 0.3) is 5.91 Å². The third-order valence-electron chi connectivity index (χ3n) is 4.16. The number of amides is 1. The average Bonchev–Trinajstić information content (AvgIpc) is 3.14. The zero-order valence-electron chi connectivity index (χ0n) is 14.8. The highest BCUT2D eigenvalue weighted by atomic mass is 35.5. The van der Waals surface area contributed by atoms with Crippen molar-refractivity contribution in [1.82, 2.24) is 10.4 Å². The van der Waals surface area contributed by atoms with Crippen molar-refractivity contribution in [3.05, 3.63) is 76.8 Å². The second-order valence-corrected chi connectivity index (χ2v) is 7.59. The molecule has 3 aromatic carbocycles. The van der Waals surface area contributed by atoms with Gasteiger partial charge in [-0.25, -0.2) is 10.4 Å². The van der Waals surface area contributed by atoms with E-state index in [0.717, 1.165) is 20.8 Å². The predicted octanol–water partition coefficient (Wildman–Crippen LogP) is 4.79. The van der Waals surface area contributed by atoms with Crippen molar-refractivity contribution in [2.24, 2.45) is 5.10 Å². The van der Waals surface area contributed by atoms with E-state index in [-0.39, 0.29) is 17.1 Å². The second-order valence-electron chi connectivity index (χ2n) is 6.12. The predicted molar refractivity (Wildman–Crippen MR) is 115 cm³/mol. The molecule has 1 aromatic heterocycles. The minimum atomic E-state index is -0.400. The quantitative estimate of drug-likeness (QED) is 0.250. The Bertz CT molecular complexity index is 1240. The molecule has 0 fully saturated rings. The molecule has 0 unspecified atom stereocenters. The maximum absolute atomic E-state index is 12.2. The maximum Gasteiger partial charge on any atom is 0.271 e. The zero-order valence-corrected chi connectivity index (χ0v) is 16.4. The van der Waals surface area contributed by atoms with E-state index in [1.807, 2.05) is 30.3 Å². The topological polar surface area (TPSA) is 94.8 Å². The first-order chi connectivity index (χ1) is 14.0. The van der Waals surface area contributed by atoms with Crippen LogP contribution in [0.1, 0.15) is 15.9 Å². The molecule has 4 rings (SSSR count). The molecule has 29 heavy (non-hydrogen) atoms. The summed E-state index contributed by atoms with van der Waals surface area (Å²) in [6.45, 7) is 0. The number of thiazole rings is 1. The van der Waals surface area contributed by atoms with Crippen molar-refractivity contribution in [1.29, 1.82) is 0 Å². The van der Waals surface area contributed by atoms with E-state index < -0.39 is 5.91 Å². The zero-order chi connectivity index (χ0) is 20.4. The Hall–Kier alpha value is -3.42. The van der Waals surface area contributed by atoms with Gasteiger partial charge in [-0.15, -0.1) is 11.3 Å². The summed E-state index contributed by atoms with van der Waals surface area (Å²) >= 11 is 7.56. The van der Waals surface area contributed by atoms with Gasteiger partial charge in [0.15, 0.2) is 11.5 Å². The first-order valence-corrected chi connectivity index (χ1v) is 9.71. The molecule has 1 amide bonds. The fourth-order valence-electron chi connectivity index (χ4n) is 2.67. The van der Waals surface area contributed by atoms with Crippen molar-refractivity contribution in [2.45, 2.75) is 0 Å². The molecule has 6 nitrogen and oxygen atoms in total. The van der Waals surface area contributed by atoms with Gasteiger partial charge in [-0.1, -0.05) is 29.8 Å². The number of fused-ring (bicyclic) bond motifs is 1. The molecular formula is C21H14ClN3O3S. The summed E-state index contributed by atoms with van der Waals surface area (Å²) in [7, 11) is 0. The second kappa shape index (κ2) is 7.90. The number of rotatable bonds is 4. The van der Waals surface area contributed by atoms with Crippen molar-refractivity contribution in [3.8, 4) is 22.1 Å². The van der Waals surface area contributed by atoms with Gasteiger partial charge < -0.3 is 10.2 Å². The van der Waals surface area contributed by atoms with E-state index in [1.54, 1.807) is 35.6 Å². The Balaban J connectivity index is 1.47. The van der Waals surface area contributed by atoms with Crippen LogP contribution in [0.2, 0.25) is 5.02 Å². The lowest BCUT2D eigenvalue weighted by atomic mass is 10.1. The number of hydrazone groups is 1. The number of hydrogen-bond acceptors (Lipinski definition) is 6. The molecule has 0 bridgehead atoms. The van der Waals surface area contributed by atoms with Gasteiger partial charge in [0, 0.05) is 21.7 Å². The van der Waals surface area contributed by atoms with Gasteiger partial charge in [-0.2, -0.15) is 5.10 Å². The Labute approximate surface area is 174 Å². The van der Waals surface area contributed by atoms with Gasteiger partial charge >= 0.3 is 0 Å². The van der Waals surface area contributed by atoms with Crippen LogP contribution >= 0.6 is 22.9 Å². The SMILES string of the molecule is O=C(N/N=C/c1cccc(O)c1O)c1ccc(-c2nc3cc(Cl)ccc3s2)cc1. The third-order valence-corrected chi connectivity index (χ3v) is 5.48. The number of carbonyl (C=O) groups is 1. The highest BCUT2D eigenvalue weighted by Gasteiger charge is 2.09. The summed E-state index contributed by atoms with van der Waals surface area (Å²) < 4.78 is 1.04. The average molecular weight is 424 g/mol. The number of aromatic hydroxyl groups is 2. The molecule has 0 aliphatic heterocycles. The molecule has 0 aliphatic rings. The molecule has 4 aromatic rings. The molecule has 0 radical (unpaired) electrons. The summed E-state index contributed by atoms with van der Waals surface area (Å²) in [6.07, 6.45) is 1.26. The number of benzene rings is 3. The molecule has 0 aliphatic carbocycles. The standard InChI is InChI=1S/C21H14ClN3O3S/c22-15-8-9-18-16(10-15)24-21(29-18)13-6-4-12(5-7-13)20(28)25-23-11-14-2-1-3-17(26)19(14)27/h1-11,26-27H,(H,25,28)/b23-11+. The first kappa shape index (κ1) is 18.9. The van der Waals surface area contributed by atoms with Crippen molar-refractivity contribution < 1.29 is 15.0 Å². The molecule has 3 N–H and O–H groups in total. The maximum atomic E-state index is 12.2. The monoisotopic (exact) mass is 423 g/mol. The fraction of sp³-hybridized carbons (Fsp3) is 0. The van der Waals surface area contributed by atoms with E-state index >= 15 is 0 Å². The highest BCUT2D eigenvalue weighted by Crippen LogP contribution is 2.31. The third kappa shape index (κ3) is 4.06. The van der Waals surface area contributed by atoms with Crippen molar-refractivity contribution >= 4 is 45.3 Å². The molecule has 0 saturated carbocycles. The number of aromatic nitrogens is 1. The molecule has 0 atom stereocenters. The Morgan fingerprint density at radius 3 is 2.69 bits per heavy atom. The lowest BCUT2D eigenvalue weighted by Crippen LogP contribution is -2.17. The summed E-state index contributed by atoms with van der Waals surface area (Å²) in [4.78, 5) is 16.8. The van der Waals surface area contributed by atoms with Gasteiger partial charge in [-0.05, 0) is 42.5 Å². The van der Waals surface area contributed by atoms with Crippen LogP contribution < -0.4 is 5.43 Å². The molecule has 0 spiro atoms. The number of nitrogens with one attached hydrogen (secondary N) is 1. The summed E-state index contributed by atoms with van der Waals surface area (Å²) in [5.74, 6) is -0.955. The van der Waals surface area contributed by atoms with E-state index in [1.165, 1.54) is 12.3 Å². The van der Waals surface area contributed by atoms with Crippen LogP contribution in [0.25, 0.3) is 20.8 Å². The van der Waals surface area contributed by atoms with Crippen LogP contribution in [0.4, 0.5) is 0 Å². The minimum absolute atomic E-state index is 0.256. The first-order valence-electron chi connectivity index (χ1n) is 8.52. The van der Waals surface area contributed by atoms with E-state index in [0.29, 0.717) is 10.6 Å². The Morgan fingerprint density at radius 2 is 1.90 bits per heavy atom. The molecule has 8 heteroatoms. The number of para-hydroxylation sites is 1. The van der Waals surface area contributed by atoms with Crippen LogP contribution in [0, 0.1) is 0 Å². The van der Waals surface area contributed by atoms with Crippen molar-refractivity contribution in [3.63, 3.8) is 0 Å².